The molecule has 2 aromatic heterocycles. The van der Waals surface area contributed by atoms with Gasteiger partial charge in [-0.15, -0.1) is 4.98 Å². The molecule has 26 heavy (non-hydrogen) atoms. The number of amides is 1. The van der Waals surface area contributed by atoms with Gasteiger partial charge in [0.25, 0.3) is 11.7 Å². The summed E-state index contributed by atoms with van der Waals surface area (Å²) in [5.74, 6) is 0.502. The summed E-state index contributed by atoms with van der Waals surface area (Å²) >= 11 is 0. The fourth-order valence-corrected chi connectivity index (χ4v) is 2.92. The summed E-state index contributed by atoms with van der Waals surface area (Å²) < 4.78 is 5.52. The number of nitrogens with zero attached hydrogens (tertiary/aromatic N) is 2. The van der Waals surface area contributed by atoms with Crippen molar-refractivity contribution in [1.82, 2.24) is 15.3 Å². The predicted octanol–water partition coefficient (Wildman–Crippen LogP) is 2.66. The molecule has 0 bridgehead atoms. The van der Waals surface area contributed by atoms with E-state index < -0.39 is 0 Å². The maximum absolute atomic E-state index is 12.6. The minimum atomic E-state index is -0.199. The van der Waals surface area contributed by atoms with E-state index >= 15 is 0 Å². The molecule has 2 N–H and O–H groups in total. The molecule has 0 spiro atoms. The number of ether oxygens (including phenoxy) is 1. The highest BCUT2D eigenvalue weighted by Gasteiger charge is 2.18. The number of ketones is 1. The molecular formula is C19H14N4O3. The highest BCUT2D eigenvalue weighted by Crippen LogP contribution is 2.24. The van der Waals surface area contributed by atoms with E-state index in [2.05, 4.69) is 20.1 Å². The molecule has 128 valence electrons. The summed E-state index contributed by atoms with van der Waals surface area (Å²) in [7, 11) is 0. The van der Waals surface area contributed by atoms with Gasteiger partial charge in [0, 0.05) is 6.42 Å². The number of Topliss-reactive ketones (excluding diaryl/α,β-unsaturated/α-hetero) is 1. The number of aromatic nitrogens is 2. The lowest BCUT2D eigenvalue weighted by molar-refractivity contribution is 0.0953. The first-order chi connectivity index (χ1) is 12.6. The lowest BCUT2D eigenvalue weighted by atomic mass is 10.0. The van der Waals surface area contributed by atoms with E-state index in [0.29, 0.717) is 35.7 Å². The molecule has 3 heterocycles. The first kappa shape index (κ1) is 15.8. The average Bonchev–Trinajstić information content (AvgIpc) is 3.00. The minimum Gasteiger partial charge on any atom is -0.491 e. The van der Waals surface area contributed by atoms with Crippen molar-refractivity contribution >= 4 is 28.4 Å². The van der Waals surface area contributed by atoms with Gasteiger partial charge in [0.15, 0.2) is 5.78 Å². The summed E-state index contributed by atoms with van der Waals surface area (Å²) in [5, 5.41) is 3.52. The maximum atomic E-state index is 12.6. The van der Waals surface area contributed by atoms with Gasteiger partial charge in [-0.1, -0.05) is 12.6 Å². The third-order valence-electron chi connectivity index (χ3n) is 4.20. The molecule has 7 nitrogen and oxygen atoms in total. The van der Waals surface area contributed by atoms with Crippen LogP contribution in [0.2, 0.25) is 0 Å². The zero-order valence-electron chi connectivity index (χ0n) is 13.7. The maximum Gasteiger partial charge on any atom is 0.270 e. The summed E-state index contributed by atoms with van der Waals surface area (Å²) in [6, 6.07) is 8.55. The topological polar surface area (TPSA) is 88.4 Å². The van der Waals surface area contributed by atoms with E-state index in [-0.39, 0.29) is 23.9 Å². The Hall–Kier alpha value is -3.66. The van der Waals surface area contributed by atoms with Crippen molar-refractivity contribution in [2.75, 3.05) is 13.2 Å². The van der Waals surface area contributed by atoms with Crippen LogP contribution in [0.3, 0.4) is 0 Å². The van der Waals surface area contributed by atoms with Crippen LogP contribution in [-0.2, 0) is 6.42 Å². The first-order valence-electron chi connectivity index (χ1n) is 8.07. The van der Waals surface area contributed by atoms with Gasteiger partial charge in [0.2, 0.25) is 0 Å². The van der Waals surface area contributed by atoms with E-state index in [9.17, 15) is 9.59 Å². The summed E-state index contributed by atoms with van der Waals surface area (Å²) in [5.41, 5.74) is 2.32. The number of pyridine rings is 1. The van der Waals surface area contributed by atoms with Crippen LogP contribution in [0.25, 0.3) is 15.7 Å². The number of hydrogen-bond donors (Lipinski definition) is 2. The summed E-state index contributed by atoms with van der Waals surface area (Å²) in [6.45, 7) is 7.89. The van der Waals surface area contributed by atoms with Gasteiger partial charge in [-0.25, -0.2) is 0 Å². The third-order valence-corrected chi connectivity index (χ3v) is 4.20. The normalized spacial score (nSPS) is 13.3. The van der Waals surface area contributed by atoms with Gasteiger partial charge in [0.1, 0.15) is 18.6 Å². The monoisotopic (exact) mass is 346 g/mol. The Bertz CT molecular complexity index is 1080. The summed E-state index contributed by atoms with van der Waals surface area (Å²) in [6.07, 6.45) is 1.69. The number of aromatic amines is 1. The first-order valence-corrected chi connectivity index (χ1v) is 8.07. The van der Waals surface area contributed by atoms with Gasteiger partial charge >= 0.3 is 0 Å². The second-order valence-electron chi connectivity index (χ2n) is 5.96. The smallest absolute Gasteiger partial charge is 0.270 e. The van der Waals surface area contributed by atoms with Crippen LogP contribution in [0.1, 0.15) is 26.4 Å². The largest absolute Gasteiger partial charge is 0.491 e. The number of carbonyl (C=O) groups excluding carboxylic acids is 2. The molecule has 1 aliphatic heterocycles. The van der Waals surface area contributed by atoms with E-state index in [4.69, 9.17) is 11.3 Å². The molecule has 7 heteroatoms. The molecule has 0 unspecified atom stereocenters. The Balaban J connectivity index is 1.60. The van der Waals surface area contributed by atoms with E-state index in [0.717, 1.165) is 10.9 Å². The van der Waals surface area contributed by atoms with Crippen molar-refractivity contribution < 1.29 is 14.3 Å². The van der Waals surface area contributed by atoms with E-state index in [1.54, 1.807) is 36.5 Å². The second-order valence-corrected chi connectivity index (χ2v) is 5.96. The average molecular weight is 346 g/mol. The minimum absolute atomic E-state index is 0.111. The zero-order valence-corrected chi connectivity index (χ0v) is 13.7. The molecule has 0 aliphatic carbocycles. The second kappa shape index (κ2) is 6.33. The number of benzene rings is 1. The van der Waals surface area contributed by atoms with Gasteiger partial charge in [-0.3, -0.25) is 9.59 Å². The third kappa shape index (κ3) is 2.89. The fourth-order valence-electron chi connectivity index (χ4n) is 2.92. The Morgan fingerprint density at radius 2 is 2.19 bits per heavy atom. The molecule has 0 saturated carbocycles. The van der Waals surface area contributed by atoms with Gasteiger partial charge in [-0.05, 0) is 35.2 Å². The Kier molecular flexibility index (Phi) is 3.86. The van der Waals surface area contributed by atoms with Crippen molar-refractivity contribution in [3.05, 3.63) is 64.8 Å². The molecule has 0 radical (unpaired) electrons. The van der Waals surface area contributed by atoms with Crippen molar-refractivity contribution in [2.45, 2.75) is 6.42 Å². The molecule has 1 aliphatic rings. The SMILES string of the molecule is [C-]#[N+]c1cc2cc(C(=O)Cc3ccc4c(c3)C(=O)NCCO4)[nH]c2cn1. The Morgan fingerprint density at radius 1 is 1.31 bits per heavy atom. The predicted molar refractivity (Wildman–Crippen MR) is 94.7 cm³/mol. The lowest BCUT2D eigenvalue weighted by Crippen LogP contribution is -2.24. The van der Waals surface area contributed by atoms with E-state index in [1.165, 1.54) is 0 Å². The van der Waals surface area contributed by atoms with Crippen molar-refractivity contribution in [3.8, 4) is 5.75 Å². The van der Waals surface area contributed by atoms with Gasteiger partial charge in [-0.2, -0.15) is 0 Å². The molecular weight excluding hydrogens is 332 g/mol. The van der Waals surface area contributed by atoms with Crippen molar-refractivity contribution in [2.24, 2.45) is 0 Å². The molecule has 3 aromatic rings. The van der Waals surface area contributed by atoms with Crippen LogP contribution in [0.5, 0.6) is 5.75 Å². The number of nitrogens with one attached hydrogen (secondary N) is 2. The van der Waals surface area contributed by atoms with Gasteiger partial charge < -0.3 is 19.9 Å². The number of fused-ring (bicyclic) bond motifs is 2. The quantitative estimate of drug-likeness (QED) is 0.564. The highest BCUT2D eigenvalue weighted by atomic mass is 16.5. The molecule has 1 aromatic carbocycles. The summed E-state index contributed by atoms with van der Waals surface area (Å²) in [4.78, 5) is 35.0. The van der Waals surface area contributed by atoms with Crippen molar-refractivity contribution in [1.29, 1.82) is 0 Å². The number of H-pyrrole nitrogens is 1. The highest BCUT2D eigenvalue weighted by molar-refractivity contribution is 6.01. The van der Waals surface area contributed by atoms with Crippen LogP contribution >= 0.6 is 0 Å². The molecule has 0 atom stereocenters. The van der Waals surface area contributed by atoms with Crippen LogP contribution in [-0.4, -0.2) is 34.8 Å². The van der Waals surface area contributed by atoms with Crippen LogP contribution in [0.4, 0.5) is 5.82 Å². The van der Waals surface area contributed by atoms with Gasteiger partial charge in [0.05, 0.1) is 23.3 Å². The number of hydrogen-bond acceptors (Lipinski definition) is 4. The molecule has 0 saturated heterocycles. The molecule has 1 amide bonds. The van der Waals surface area contributed by atoms with Crippen molar-refractivity contribution in [3.63, 3.8) is 0 Å². The fraction of sp³-hybridized carbons (Fsp3) is 0.158. The molecule has 4 rings (SSSR count). The van der Waals surface area contributed by atoms with Crippen LogP contribution in [0, 0.1) is 6.57 Å². The van der Waals surface area contributed by atoms with E-state index in [1.807, 2.05) is 0 Å². The zero-order chi connectivity index (χ0) is 18.1. The number of rotatable bonds is 3. The standard InChI is InChI=1S/C19H14N4O3/c1-20-18-9-12-8-14(23-15(12)10-22-18)16(24)7-11-2-3-17-13(6-11)19(25)21-4-5-26-17/h2-3,6,8-10,23H,4-5,7H2,(H,21,25). The number of carbonyl (C=O) groups is 2. The van der Waals surface area contributed by atoms with Crippen LogP contribution < -0.4 is 10.1 Å². The Morgan fingerprint density at radius 3 is 3.04 bits per heavy atom. The Labute approximate surface area is 148 Å². The molecule has 0 fully saturated rings. The lowest BCUT2D eigenvalue weighted by Gasteiger charge is -2.07. The van der Waals surface area contributed by atoms with Crippen LogP contribution in [0.15, 0.2) is 36.5 Å².